The van der Waals surface area contributed by atoms with Gasteiger partial charge in [-0.25, -0.2) is 4.39 Å². The summed E-state index contributed by atoms with van der Waals surface area (Å²) in [5, 5.41) is 0. The minimum absolute atomic E-state index is 0.0549. The van der Waals surface area contributed by atoms with E-state index in [2.05, 4.69) is 17.0 Å². The quantitative estimate of drug-likeness (QED) is 0.592. The number of halogens is 1. The predicted octanol–water partition coefficient (Wildman–Crippen LogP) is 4.94. The van der Waals surface area contributed by atoms with Crippen LogP contribution >= 0.6 is 0 Å². The number of ketones is 1. The summed E-state index contributed by atoms with van der Waals surface area (Å²) in [5.74, 6) is 0.380. The number of anilines is 1. The van der Waals surface area contributed by atoms with E-state index in [4.69, 9.17) is 4.74 Å². The molecule has 1 heterocycles. The van der Waals surface area contributed by atoms with E-state index in [0.717, 1.165) is 23.5 Å². The van der Waals surface area contributed by atoms with Gasteiger partial charge in [0.1, 0.15) is 11.6 Å². The van der Waals surface area contributed by atoms with Crippen molar-refractivity contribution in [3.8, 4) is 5.75 Å². The summed E-state index contributed by atoms with van der Waals surface area (Å²) in [5.41, 5.74) is 2.77. The van der Waals surface area contributed by atoms with E-state index >= 15 is 0 Å². The summed E-state index contributed by atoms with van der Waals surface area (Å²) in [6.45, 7) is 1.39. The molecule has 0 radical (unpaired) electrons. The van der Waals surface area contributed by atoms with Crippen molar-refractivity contribution >= 4 is 11.5 Å². The smallest absolute Gasteiger partial charge is 0.168 e. The normalized spacial score (nSPS) is 18.9. The van der Waals surface area contributed by atoms with Crippen LogP contribution in [0.3, 0.4) is 0 Å². The highest BCUT2D eigenvalue weighted by Gasteiger charge is 2.38. The first-order valence-corrected chi connectivity index (χ1v) is 9.39. The van der Waals surface area contributed by atoms with E-state index in [0.29, 0.717) is 12.1 Å². The third-order valence-electron chi connectivity index (χ3n) is 5.45. The number of hydrogen-bond donors (Lipinski definition) is 0. The Labute approximate surface area is 164 Å². The van der Waals surface area contributed by atoms with Gasteiger partial charge in [0.15, 0.2) is 5.78 Å². The Morgan fingerprint density at radius 1 is 0.929 bits per heavy atom. The van der Waals surface area contributed by atoms with Crippen molar-refractivity contribution in [3.05, 3.63) is 95.8 Å². The Morgan fingerprint density at radius 2 is 1.61 bits per heavy atom. The van der Waals surface area contributed by atoms with Crippen molar-refractivity contribution in [2.45, 2.75) is 5.92 Å². The van der Waals surface area contributed by atoms with Gasteiger partial charge in [0, 0.05) is 36.2 Å². The Kier molecular flexibility index (Phi) is 5.11. The molecule has 1 aliphatic heterocycles. The molecule has 142 valence electrons. The van der Waals surface area contributed by atoms with Crippen molar-refractivity contribution in [2.24, 2.45) is 5.92 Å². The van der Waals surface area contributed by atoms with Crippen molar-refractivity contribution in [1.82, 2.24) is 0 Å². The van der Waals surface area contributed by atoms with Gasteiger partial charge >= 0.3 is 0 Å². The second-order valence-electron chi connectivity index (χ2n) is 7.10. The minimum atomic E-state index is -0.333. The topological polar surface area (TPSA) is 29.5 Å². The number of carbonyl (C=O) groups excluding carboxylic acids is 1. The van der Waals surface area contributed by atoms with Crippen LogP contribution in [0.2, 0.25) is 0 Å². The number of ether oxygens (including phenoxy) is 1. The molecule has 28 heavy (non-hydrogen) atoms. The first-order valence-electron chi connectivity index (χ1n) is 9.39. The van der Waals surface area contributed by atoms with Crippen LogP contribution in [0, 0.1) is 11.7 Å². The van der Waals surface area contributed by atoms with Crippen LogP contribution < -0.4 is 9.64 Å². The van der Waals surface area contributed by atoms with Crippen LogP contribution in [0.5, 0.6) is 5.75 Å². The molecule has 0 amide bonds. The maximum Gasteiger partial charge on any atom is 0.168 e. The standard InChI is InChI=1S/C24H22FNO2/c1-28-21-13-9-17(10-14-21)22-15-26(20-5-3-2-4-6-20)16-23(22)24(27)18-7-11-19(25)12-8-18/h2-14,22-23H,15-16H2,1H3/t22-,23+/m0/s1. The zero-order valence-corrected chi connectivity index (χ0v) is 15.7. The molecule has 3 nitrogen and oxygen atoms in total. The van der Waals surface area contributed by atoms with Gasteiger partial charge in [-0.15, -0.1) is 0 Å². The SMILES string of the molecule is COc1ccc([C@@H]2CN(c3ccccc3)C[C@H]2C(=O)c2ccc(F)cc2)cc1. The van der Waals surface area contributed by atoms with Crippen LogP contribution in [0.1, 0.15) is 21.8 Å². The minimum Gasteiger partial charge on any atom is -0.497 e. The number of nitrogens with zero attached hydrogens (tertiary/aromatic N) is 1. The number of Topliss-reactive ketones (excluding diaryl/α,β-unsaturated/α-hetero) is 1. The number of hydrogen-bond acceptors (Lipinski definition) is 3. The van der Waals surface area contributed by atoms with Gasteiger partial charge in [0.25, 0.3) is 0 Å². The largest absolute Gasteiger partial charge is 0.497 e. The highest BCUT2D eigenvalue weighted by atomic mass is 19.1. The average Bonchev–Trinajstić information content (AvgIpc) is 3.20. The molecule has 1 aliphatic rings. The van der Waals surface area contributed by atoms with Crippen LogP contribution in [0.15, 0.2) is 78.9 Å². The maximum absolute atomic E-state index is 13.3. The zero-order chi connectivity index (χ0) is 19.5. The predicted molar refractivity (Wildman–Crippen MR) is 109 cm³/mol. The third kappa shape index (κ3) is 3.63. The highest BCUT2D eigenvalue weighted by molar-refractivity contribution is 5.99. The molecule has 0 spiro atoms. The maximum atomic E-state index is 13.3. The van der Waals surface area contributed by atoms with Gasteiger partial charge in [-0.05, 0) is 54.1 Å². The van der Waals surface area contributed by atoms with Gasteiger partial charge in [0.2, 0.25) is 0 Å². The molecule has 0 aromatic heterocycles. The van der Waals surface area contributed by atoms with Crippen molar-refractivity contribution in [2.75, 3.05) is 25.1 Å². The van der Waals surface area contributed by atoms with Gasteiger partial charge in [0.05, 0.1) is 7.11 Å². The van der Waals surface area contributed by atoms with Gasteiger partial charge < -0.3 is 9.64 Å². The molecule has 1 saturated heterocycles. The van der Waals surface area contributed by atoms with E-state index < -0.39 is 0 Å². The molecule has 3 aromatic rings. The first kappa shape index (κ1) is 18.2. The van der Waals surface area contributed by atoms with Crippen LogP contribution in [0.4, 0.5) is 10.1 Å². The summed E-state index contributed by atoms with van der Waals surface area (Å²) in [6, 6.07) is 23.9. The summed E-state index contributed by atoms with van der Waals surface area (Å²) in [6.07, 6.45) is 0. The van der Waals surface area contributed by atoms with Crippen molar-refractivity contribution in [1.29, 1.82) is 0 Å². The van der Waals surface area contributed by atoms with Crippen LogP contribution in [-0.4, -0.2) is 26.0 Å². The van der Waals surface area contributed by atoms with Gasteiger partial charge in [-0.3, -0.25) is 4.79 Å². The van der Waals surface area contributed by atoms with E-state index in [-0.39, 0.29) is 23.4 Å². The summed E-state index contributed by atoms with van der Waals surface area (Å²) in [7, 11) is 1.64. The Balaban J connectivity index is 1.67. The number of methoxy groups -OCH3 is 1. The Morgan fingerprint density at radius 3 is 2.25 bits per heavy atom. The summed E-state index contributed by atoms with van der Waals surface area (Å²) >= 11 is 0. The molecule has 0 N–H and O–H groups in total. The number of para-hydroxylation sites is 1. The van der Waals surface area contributed by atoms with Gasteiger partial charge in [-0.1, -0.05) is 30.3 Å². The second-order valence-corrected chi connectivity index (χ2v) is 7.10. The lowest BCUT2D eigenvalue weighted by molar-refractivity contribution is 0.0921. The lowest BCUT2D eigenvalue weighted by Gasteiger charge is -2.18. The van der Waals surface area contributed by atoms with E-state index in [1.807, 2.05) is 42.5 Å². The molecule has 0 bridgehead atoms. The summed E-state index contributed by atoms with van der Waals surface area (Å²) in [4.78, 5) is 15.5. The lowest BCUT2D eigenvalue weighted by Crippen LogP contribution is -2.23. The number of rotatable bonds is 5. The van der Waals surface area contributed by atoms with Crippen LogP contribution in [0.25, 0.3) is 0 Å². The second kappa shape index (κ2) is 7.85. The lowest BCUT2D eigenvalue weighted by atomic mass is 9.84. The fourth-order valence-electron chi connectivity index (χ4n) is 3.94. The fourth-order valence-corrected chi connectivity index (χ4v) is 3.94. The summed E-state index contributed by atoms with van der Waals surface area (Å²) < 4.78 is 18.6. The molecule has 0 aliphatic carbocycles. The molecule has 4 rings (SSSR count). The fraction of sp³-hybridized carbons (Fsp3) is 0.208. The molecule has 3 aromatic carbocycles. The molecule has 0 saturated carbocycles. The van der Waals surface area contributed by atoms with Crippen LogP contribution in [-0.2, 0) is 0 Å². The number of carbonyl (C=O) groups is 1. The van der Waals surface area contributed by atoms with E-state index in [1.165, 1.54) is 12.1 Å². The molecular weight excluding hydrogens is 353 g/mol. The average molecular weight is 375 g/mol. The number of benzene rings is 3. The van der Waals surface area contributed by atoms with E-state index in [1.54, 1.807) is 19.2 Å². The molecule has 0 unspecified atom stereocenters. The third-order valence-corrected chi connectivity index (χ3v) is 5.45. The zero-order valence-electron chi connectivity index (χ0n) is 15.7. The molecule has 2 atom stereocenters. The van der Waals surface area contributed by atoms with E-state index in [9.17, 15) is 9.18 Å². The Bertz CT molecular complexity index is 939. The first-order chi connectivity index (χ1) is 13.7. The van der Waals surface area contributed by atoms with Crippen molar-refractivity contribution < 1.29 is 13.9 Å². The molecule has 4 heteroatoms. The van der Waals surface area contributed by atoms with Crippen molar-refractivity contribution in [3.63, 3.8) is 0 Å². The van der Waals surface area contributed by atoms with Gasteiger partial charge in [-0.2, -0.15) is 0 Å². The Hall–Kier alpha value is -3.14. The molecule has 1 fully saturated rings. The molecular formula is C24H22FNO2. The monoisotopic (exact) mass is 375 g/mol. The highest BCUT2D eigenvalue weighted by Crippen LogP contribution is 2.37.